The number of aromatic amines is 1. The molecule has 44 heavy (non-hydrogen) atoms. The predicted octanol–water partition coefficient (Wildman–Crippen LogP) is 5.33. The first-order chi connectivity index (χ1) is 21.2. The Kier molecular flexibility index (Phi) is 9.06. The number of aryl methyl sites for hydroxylation is 1. The van der Waals surface area contributed by atoms with Gasteiger partial charge < -0.3 is 30.0 Å². The number of nitrogens with one attached hydrogen (secondary N) is 4. The number of anilines is 2. The Hall–Kier alpha value is -5.42. The minimum Gasteiger partial charge on any atom is -0.479 e. The number of hydrogen-bond donors (Lipinski definition) is 5. The molecule has 2 atom stereocenters. The number of carbonyl (C=O) groups is 2. The number of benzene rings is 3. The van der Waals surface area contributed by atoms with Crippen LogP contribution in [0.5, 0.6) is 0 Å². The first-order valence-electron chi connectivity index (χ1n) is 14.1. The highest BCUT2D eigenvalue weighted by Crippen LogP contribution is 2.27. The van der Waals surface area contributed by atoms with Crippen LogP contribution >= 0.6 is 0 Å². The summed E-state index contributed by atoms with van der Waals surface area (Å²) < 4.78 is 7.45. The number of aromatic nitrogens is 3. The molecule has 0 aliphatic carbocycles. The molecule has 3 aromatic carbocycles. The van der Waals surface area contributed by atoms with E-state index in [1.54, 1.807) is 49.1 Å². The van der Waals surface area contributed by atoms with E-state index in [4.69, 9.17) is 4.74 Å². The summed E-state index contributed by atoms with van der Waals surface area (Å²) in [7, 11) is 1.86. The number of ether oxygens (including phenoxy) is 1. The zero-order valence-corrected chi connectivity index (χ0v) is 24.6. The van der Waals surface area contributed by atoms with Crippen molar-refractivity contribution in [2.45, 2.75) is 32.4 Å². The van der Waals surface area contributed by atoms with Crippen LogP contribution in [0, 0.1) is 6.92 Å². The molecule has 1 unspecified atom stereocenters. The number of H-pyrrole nitrogens is 1. The molecule has 11 nitrogen and oxygen atoms in total. The van der Waals surface area contributed by atoms with Crippen LogP contribution in [0.3, 0.4) is 0 Å². The number of carboxylic acids is 1. The quantitative estimate of drug-likeness (QED) is 0.138. The largest absolute Gasteiger partial charge is 0.479 e. The van der Waals surface area contributed by atoms with Gasteiger partial charge in [-0.2, -0.15) is 0 Å². The van der Waals surface area contributed by atoms with E-state index in [0.29, 0.717) is 28.9 Å². The number of imidazole rings is 1. The maximum atomic E-state index is 12.7. The molecule has 5 aromatic rings. The van der Waals surface area contributed by atoms with Gasteiger partial charge in [0.2, 0.25) is 0 Å². The van der Waals surface area contributed by atoms with Crippen molar-refractivity contribution >= 4 is 34.2 Å². The average molecular weight is 595 g/mol. The molecule has 0 aliphatic rings. The summed E-state index contributed by atoms with van der Waals surface area (Å²) >= 11 is 0. The summed E-state index contributed by atoms with van der Waals surface area (Å²) in [4.78, 5) is 43.8. The van der Waals surface area contributed by atoms with Crippen LogP contribution < -0.4 is 21.5 Å². The fourth-order valence-corrected chi connectivity index (χ4v) is 5.25. The maximum Gasteiger partial charge on any atom is 0.411 e. The smallest absolute Gasteiger partial charge is 0.411 e. The van der Waals surface area contributed by atoms with Gasteiger partial charge in [0, 0.05) is 47.8 Å². The van der Waals surface area contributed by atoms with Gasteiger partial charge in [0.05, 0.1) is 18.6 Å². The van der Waals surface area contributed by atoms with E-state index in [1.165, 1.54) is 0 Å². The summed E-state index contributed by atoms with van der Waals surface area (Å²) in [6.07, 6.45) is 6.29. The second kappa shape index (κ2) is 13.3. The molecular weight excluding hydrogens is 560 g/mol. The van der Waals surface area contributed by atoms with Crippen molar-refractivity contribution in [2.75, 3.05) is 24.3 Å². The van der Waals surface area contributed by atoms with E-state index in [2.05, 4.69) is 25.9 Å². The van der Waals surface area contributed by atoms with Gasteiger partial charge in [-0.3, -0.25) is 10.1 Å². The summed E-state index contributed by atoms with van der Waals surface area (Å²) in [5.41, 5.74) is 5.18. The van der Waals surface area contributed by atoms with E-state index < -0.39 is 18.1 Å². The fraction of sp³-hybridized carbons (Fsp3) is 0.212. The molecule has 0 fully saturated rings. The van der Waals surface area contributed by atoms with Crippen molar-refractivity contribution in [1.82, 2.24) is 19.9 Å². The van der Waals surface area contributed by atoms with Crippen LogP contribution in [0.2, 0.25) is 0 Å². The maximum absolute atomic E-state index is 12.7. The average Bonchev–Trinajstić information content (AvgIpc) is 3.54. The van der Waals surface area contributed by atoms with Crippen molar-refractivity contribution in [2.24, 2.45) is 0 Å². The van der Waals surface area contributed by atoms with Crippen LogP contribution in [0.15, 0.2) is 90.4 Å². The number of amides is 1. The summed E-state index contributed by atoms with van der Waals surface area (Å²) in [5.74, 6) is -1.19. The zero-order valence-electron chi connectivity index (χ0n) is 24.6. The van der Waals surface area contributed by atoms with Crippen LogP contribution in [-0.4, -0.2) is 45.4 Å². The standard InChI is InChI=1S/C33H34N6O5/c1-20-14-23(30(32(41)42)37-26-6-4-22-10-11-36-31(40)28(22)16-26)5-8-27(20)21(2)18-44-33(43)38-25-7-9-29(24(15-25)17-34-3)39-13-12-35-19-39/h4-16,19,21,30,34,37H,17-18H2,1-3H3,(H,36,40)(H,38,43)(H,41,42)/t21-,30?/m0/s1. The van der Waals surface area contributed by atoms with Gasteiger partial charge in [0.15, 0.2) is 6.04 Å². The highest BCUT2D eigenvalue weighted by Gasteiger charge is 2.22. The molecule has 0 aliphatic heterocycles. The van der Waals surface area contributed by atoms with Gasteiger partial charge in [-0.1, -0.05) is 31.2 Å². The molecule has 1 amide bonds. The SMILES string of the molecule is CNCc1cc(NC(=O)OC[C@H](C)c2ccc(C(Nc3ccc4cc[nH]c(=O)c4c3)C(=O)O)cc2C)ccc1-n1ccnc1. The van der Waals surface area contributed by atoms with Crippen molar-refractivity contribution in [3.8, 4) is 5.69 Å². The van der Waals surface area contributed by atoms with E-state index >= 15 is 0 Å². The number of rotatable bonds is 11. The lowest BCUT2D eigenvalue weighted by Crippen LogP contribution is -2.21. The predicted molar refractivity (Wildman–Crippen MR) is 169 cm³/mol. The van der Waals surface area contributed by atoms with Crippen LogP contribution in [0.4, 0.5) is 16.2 Å². The molecule has 226 valence electrons. The minimum absolute atomic E-state index is 0.134. The van der Waals surface area contributed by atoms with Crippen molar-refractivity contribution in [3.05, 3.63) is 118 Å². The lowest BCUT2D eigenvalue weighted by Gasteiger charge is -2.20. The molecule has 0 spiro atoms. The van der Waals surface area contributed by atoms with Gasteiger partial charge in [0.1, 0.15) is 0 Å². The minimum atomic E-state index is -1.05. The van der Waals surface area contributed by atoms with Crippen molar-refractivity contribution in [1.29, 1.82) is 0 Å². The highest BCUT2D eigenvalue weighted by atomic mass is 16.5. The summed E-state index contributed by atoms with van der Waals surface area (Å²) in [6.45, 7) is 4.58. The molecule has 0 bridgehead atoms. The third-order valence-electron chi connectivity index (χ3n) is 7.43. The number of fused-ring (bicyclic) bond motifs is 1. The van der Waals surface area contributed by atoms with Crippen molar-refractivity contribution < 1.29 is 19.4 Å². The molecule has 2 heterocycles. The second-order valence-electron chi connectivity index (χ2n) is 10.6. The monoisotopic (exact) mass is 594 g/mol. The lowest BCUT2D eigenvalue weighted by molar-refractivity contribution is -0.138. The van der Waals surface area contributed by atoms with E-state index in [1.807, 2.05) is 62.0 Å². The molecular formula is C33H34N6O5. The van der Waals surface area contributed by atoms with Crippen LogP contribution in [-0.2, 0) is 16.1 Å². The molecule has 5 N–H and O–H groups in total. The Morgan fingerprint density at radius 3 is 2.61 bits per heavy atom. The van der Waals surface area contributed by atoms with E-state index in [0.717, 1.165) is 27.8 Å². The number of pyridine rings is 1. The van der Waals surface area contributed by atoms with E-state index in [9.17, 15) is 19.5 Å². The molecule has 5 rings (SSSR count). The Bertz CT molecular complexity index is 1850. The van der Waals surface area contributed by atoms with Crippen LogP contribution in [0.25, 0.3) is 16.5 Å². The van der Waals surface area contributed by atoms with Gasteiger partial charge in [-0.05, 0) is 78.0 Å². The number of nitrogens with zero attached hydrogens (tertiary/aromatic N) is 2. The second-order valence-corrected chi connectivity index (χ2v) is 10.6. The van der Waals surface area contributed by atoms with Gasteiger partial charge in [0.25, 0.3) is 5.56 Å². The molecule has 11 heteroatoms. The Morgan fingerprint density at radius 2 is 1.89 bits per heavy atom. The highest BCUT2D eigenvalue weighted by molar-refractivity contribution is 5.87. The lowest BCUT2D eigenvalue weighted by atomic mass is 9.93. The van der Waals surface area contributed by atoms with Gasteiger partial charge >= 0.3 is 12.1 Å². The van der Waals surface area contributed by atoms with E-state index in [-0.39, 0.29) is 18.1 Å². The number of carboxylic acid groups (broad SMARTS) is 1. The number of hydrogen-bond acceptors (Lipinski definition) is 7. The van der Waals surface area contributed by atoms with Crippen molar-refractivity contribution in [3.63, 3.8) is 0 Å². The fourth-order valence-electron chi connectivity index (χ4n) is 5.25. The Labute approximate surface area is 253 Å². The normalized spacial score (nSPS) is 12.4. The molecule has 0 saturated carbocycles. The Balaban J connectivity index is 1.23. The van der Waals surface area contributed by atoms with Crippen LogP contribution in [0.1, 0.15) is 41.1 Å². The molecule has 2 aromatic heterocycles. The topological polar surface area (TPSA) is 150 Å². The zero-order chi connectivity index (χ0) is 31.2. The molecule has 0 radical (unpaired) electrons. The summed E-state index contributed by atoms with van der Waals surface area (Å²) in [5, 5.41) is 20.2. The van der Waals surface area contributed by atoms with Gasteiger partial charge in [-0.15, -0.1) is 0 Å². The first kappa shape index (κ1) is 30.1. The third-order valence-corrected chi connectivity index (χ3v) is 7.43. The van der Waals surface area contributed by atoms with Gasteiger partial charge in [-0.25, -0.2) is 14.6 Å². The molecule has 0 saturated heterocycles. The number of aliphatic carboxylic acids is 1. The third kappa shape index (κ3) is 6.79. The first-order valence-corrected chi connectivity index (χ1v) is 14.1. The number of carbonyl (C=O) groups excluding carboxylic acids is 1. The summed E-state index contributed by atoms with van der Waals surface area (Å²) in [6, 6.07) is 17.0. The Morgan fingerprint density at radius 1 is 1.07 bits per heavy atom.